The van der Waals surface area contributed by atoms with E-state index < -0.39 is 0 Å². The van der Waals surface area contributed by atoms with Crippen LogP contribution in [0.25, 0.3) is 33.0 Å². The predicted octanol–water partition coefficient (Wildman–Crippen LogP) is 7.44. The zero-order chi connectivity index (χ0) is 23.5. The van der Waals surface area contributed by atoms with Gasteiger partial charge in [-0.3, -0.25) is 9.59 Å². The van der Waals surface area contributed by atoms with Gasteiger partial charge in [-0.2, -0.15) is 0 Å². The van der Waals surface area contributed by atoms with E-state index in [1.54, 1.807) is 0 Å². The second kappa shape index (κ2) is 7.61. The van der Waals surface area contributed by atoms with Crippen LogP contribution in [-0.2, 0) is 12.8 Å². The summed E-state index contributed by atoms with van der Waals surface area (Å²) in [5, 5.41) is 2.15. The average molecular weight is 451 g/mol. The highest BCUT2D eigenvalue weighted by Crippen LogP contribution is 2.52. The highest BCUT2D eigenvalue weighted by molar-refractivity contribution is 6.32. The van der Waals surface area contributed by atoms with E-state index in [1.807, 2.05) is 18.2 Å². The molecule has 2 nitrogen and oxygen atoms in total. The standard InChI is InChI=1S/C33H22O2/c34-29-19-30(35)32-28(29)18-24-15-23(14-21-9-5-2-6-10-21)17-27-26-16-22(13-20-7-3-1-4-8-20)11-12-25(26)33(32)31(24)27/h1-12,15-18H,13-14,19H2. The molecule has 0 aromatic heterocycles. The molecule has 0 N–H and O–H groups in total. The number of benzene rings is 5. The Bertz CT molecular complexity index is 1680. The van der Waals surface area contributed by atoms with Crippen molar-refractivity contribution in [2.75, 3.05) is 0 Å². The second-order valence-electron chi connectivity index (χ2n) is 9.64. The maximum Gasteiger partial charge on any atom is 0.171 e. The first kappa shape index (κ1) is 20.1. The fourth-order valence-corrected chi connectivity index (χ4v) is 5.83. The SMILES string of the molecule is O=C1CC(=O)c2c1cc1cc(Cc3ccccc3)cc3c1c2-c1ccc(Cc2ccccc2)cc1-3. The Morgan fingerprint density at radius 1 is 0.486 bits per heavy atom. The lowest BCUT2D eigenvalue weighted by Crippen LogP contribution is -1.96. The molecule has 0 unspecified atom stereocenters. The van der Waals surface area contributed by atoms with Crippen molar-refractivity contribution in [3.63, 3.8) is 0 Å². The highest BCUT2D eigenvalue weighted by Gasteiger charge is 2.35. The number of hydrogen-bond acceptors (Lipinski definition) is 2. The molecule has 0 saturated carbocycles. The number of carbonyl (C=O) groups excluding carboxylic acids is 2. The van der Waals surface area contributed by atoms with E-state index in [1.165, 1.54) is 27.8 Å². The Morgan fingerprint density at radius 3 is 1.86 bits per heavy atom. The number of fused-ring (bicyclic) bond motifs is 5. The van der Waals surface area contributed by atoms with Crippen molar-refractivity contribution in [3.05, 3.63) is 130 Å². The topological polar surface area (TPSA) is 34.1 Å². The van der Waals surface area contributed by atoms with Gasteiger partial charge in [0.25, 0.3) is 0 Å². The number of ketones is 2. The van der Waals surface area contributed by atoms with Crippen LogP contribution in [0, 0.1) is 0 Å². The molecule has 5 aromatic rings. The summed E-state index contributed by atoms with van der Waals surface area (Å²) >= 11 is 0. The van der Waals surface area contributed by atoms with E-state index in [0.717, 1.165) is 40.3 Å². The molecule has 7 rings (SSSR count). The molecular formula is C33H22O2. The summed E-state index contributed by atoms with van der Waals surface area (Å²) in [6, 6.07) is 34.0. The third-order valence-electron chi connectivity index (χ3n) is 7.34. The summed E-state index contributed by atoms with van der Waals surface area (Å²) < 4.78 is 0. The van der Waals surface area contributed by atoms with Gasteiger partial charge in [-0.1, -0.05) is 91.0 Å². The summed E-state index contributed by atoms with van der Waals surface area (Å²) in [5.74, 6) is -0.116. The molecule has 0 spiro atoms. The van der Waals surface area contributed by atoms with Gasteiger partial charge >= 0.3 is 0 Å². The first-order valence-corrected chi connectivity index (χ1v) is 12.1. The van der Waals surface area contributed by atoms with E-state index in [2.05, 4.69) is 78.9 Å². The minimum Gasteiger partial charge on any atom is -0.294 e. The van der Waals surface area contributed by atoms with Crippen LogP contribution in [0.5, 0.6) is 0 Å². The van der Waals surface area contributed by atoms with E-state index >= 15 is 0 Å². The minimum atomic E-state index is -0.0627. The molecule has 2 aliphatic rings. The van der Waals surface area contributed by atoms with E-state index in [9.17, 15) is 9.59 Å². The lowest BCUT2D eigenvalue weighted by Gasteiger charge is -2.10. The Kier molecular flexibility index (Phi) is 4.37. The van der Waals surface area contributed by atoms with Crippen molar-refractivity contribution < 1.29 is 9.59 Å². The van der Waals surface area contributed by atoms with Gasteiger partial charge in [0.1, 0.15) is 0 Å². The third-order valence-corrected chi connectivity index (χ3v) is 7.34. The van der Waals surface area contributed by atoms with Gasteiger partial charge in [0.2, 0.25) is 0 Å². The fourth-order valence-electron chi connectivity index (χ4n) is 5.83. The molecule has 0 saturated heterocycles. The molecular weight excluding hydrogens is 428 g/mol. The first-order valence-electron chi connectivity index (χ1n) is 12.1. The lowest BCUT2D eigenvalue weighted by molar-refractivity contribution is 0.0923. The fraction of sp³-hybridized carbons (Fsp3) is 0.0909. The number of Topliss-reactive ketones (excluding diaryl/α,β-unsaturated/α-hetero) is 2. The molecule has 0 aliphatic heterocycles. The Hall–Kier alpha value is -4.30. The van der Waals surface area contributed by atoms with Crippen molar-refractivity contribution in [3.8, 4) is 22.3 Å². The zero-order valence-electron chi connectivity index (χ0n) is 19.2. The van der Waals surface area contributed by atoms with Gasteiger partial charge in [0.15, 0.2) is 11.6 Å². The quantitative estimate of drug-likeness (QED) is 0.262. The van der Waals surface area contributed by atoms with Gasteiger partial charge in [-0.05, 0) is 68.6 Å². The Morgan fingerprint density at radius 2 is 1.14 bits per heavy atom. The van der Waals surface area contributed by atoms with Crippen LogP contribution in [0.15, 0.2) is 97.1 Å². The van der Waals surface area contributed by atoms with E-state index in [0.29, 0.717) is 11.1 Å². The Labute approximate surface area is 203 Å². The second-order valence-corrected chi connectivity index (χ2v) is 9.64. The van der Waals surface area contributed by atoms with Crippen LogP contribution >= 0.6 is 0 Å². The molecule has 166 valence electrons. The van der Waals surface area contributed by atoms with Gasteiger partial charge in [0, 0.05) is 16.7 Å². The van der Waals surface area contributed by atoms with Crippen LogP contribution < -0.4 is 0 Å². The molecule has 0 radical (unpaired) electrons. The van der Waals surface area contributed by atoms with Crippen LogP contribution in [0.2, 0.25) is 0 Å². The smallest absolute Gasteiger partial charge is 0.171 e. The zero-order valence-corrected chi connectivity index (χ0v) is 19.2. The summed E-state index contributed by atoms with van der Waals surface area (Å²) in [6.07, 6.45) is 1.65. The van der Waals surface area contributed by atoms with Gasteiger partial charge in [-0.25, -0.2) is 0 Å². The van der Waals surface area contributed by atoms with Crippen molar-refractivity contribution in [1.82, 2.24) is 0 Å². The predicted molar refractivity (Wildman–Crippen MR) is 140 cm³/mol. The van der Waals surface area contributed by atoms with Gasteiger partial charge in [0.05, 0.1) is 6.42 Å². The maximum absolute atomic E-state index is 12.9. The molecule has 2 aliphatic carbocycles. The third kappa shape index (κ3) is 3.18. The van der Waals surface area contributed by atoms with Gasteiger partial charge in [-0.15, -0.1) is 0 Å². The first-order chi connectivity index (χ1) is 17.2. The minimum absolute atomic E-state index is 0.0215. The van der Waals surface area contributed by atoms with Gasteiger partial charge < -0.3 is 0 Å². The van der Waals surface area contributed by atoms with Crippen molar-refractivity contribution in [2.24, 2.45) is 0 Å². The van der Waals surface area contributed by atoms with Crippen molar-refractivity contribution in [1.29, 1.82) is 0 Å². The van der Waals surface area contributed by atoms with Crippen LogP contribution in [-0.4, -0.2) is 11.6 Å². The highest BCUT2D eigenvalue weighted by atomic mass is 16.2. The van der Waals surface area contributed by atoms with Crippen LogP contribution in [0.4, 0.5) is 0 Å². The van der Waals surface area contributed by atoms with E-state index in [-0.39, 0.29) is 18.0 Å². The van der Waals surface area contributed by atoms with Crippen LogP contribution in [0.1, 0.15) is 49.4 Å². The summed E-state index contributed by atoms with van der Waals surface area (Å²) in [5.41, 5.74) is 10.5. The summed E-state index contributed by atoms with van der Waals surface area (Å²) in [4.78, 5) is 25.7. The molecule has 0 atom stereocenters. The summed E-state index contributed by atoms with van der Waals surface area (Å²) in [7, 11) is 0. The molecule has 2 heteroatoms. The van der Waals surface area contributed by atoms with Crippen LogP contribution in [0.3, 0.4) is 0 Å². The molecule has 0 amide bonds. The molecule has 0 heterocycles. The van der Waals surface area contributed by atoms with E-state index in [4.69, 9.17) is 0 Å². The summed E-state index contributed by atoms with van der Waals surface area (Å²) in [6.45, 7) is 0. The average Bonchev–Trinajstić information content (AvgIpc) is 3.34. The molecule has 0 bridgehead atoms. The van der Waals surface area contributed by atoms with Crippen molar-refractivity contribution >= 4 is 22.3 Å². The lowest BCUT2D eigenvalue weighted by atomic mass is 9.92. The molecule has 0 fully saturated rings. The number of carbonyl (C=O) groups is 2. The number of rotatable bonds is 4. The largest absolute Gasteiger partial charge is 0.294 e. The number of hydrogen-bond donors (Lipinski definition) is 0. The van der Waals surface area contributed by atoms with Crippen molar-refractivity contribution in [2.45, 2.75) is 19.3 Å². The molecule has 35 heavy (non-hydrogen) atoms. The normalized spacial score (nSPS) is 13.4. The molecule has 5 aromatic carbocycles. The Balaban J connectivity index is 1.45. The monoisotopic (exact) mass is 450 g/mol. The maximum atomic E-state index is 12.9.